The van der Waals surface area contributed by atoms with Gasteiger partial charge in [-0.1, -0.05) is 17.7 Å². The summed E-state index contributed by atoms with van der Waals surface area (Å²) < 4.78 is 19.0. The number of hydrogen-bond acceptors (Lipinski definition) is 3. The Kier molecular flexibility index (Phi) is 5.11. The largest absolute Gasteiger partial charge is 0.374 e. The van der Waals surface area contributed by atoms with Gasteiger partial charge in [0.2, 0.25) is 0 Å². The van der Waals surface area contributed by atoms with E-state index in [1.165, 1.54) is 29.5 Å². The highest BCUT2D eigenvalue weighted by Crippen LogP contribution is 2.28. The third kappa shape index (κ3) is 3.79. The van der Waals surface area contributed by atoms with Gasteiger partial charge in [0.25, 0.3) is 5.91 Å². The van der Waals surface area contributed by atoms with Crippen molar-refractivity contribution in [1.29, 1.82) is 0 Å². The first-order chi connectivity index (χ1) is 9.60. The number of hydrogen-bond donors (Lipinski definition) is 1. The second kappa shape index (κ2) is 6.83. The molecule has 20 heavy (non-hydrogen) atoms. The highest BCUT2D eigenvalue weighted by molar-refractivity contribution is 7.16. The van der Waals surface area contributed by atoms with Crippen molar-refractivity contribution in [2.75, 3.05) is 13.7 Å². The van der Waals surface area contributed by atoms with Crippen molar-refractivity contribution in [2.45, 2.75) is 6.10 Å². The van der Waals surface area contributed by atoms with E-state index in [4.69, 9.17) is 16.3 Å². The van der Waals surface area contributed by atoms with E-state index in [0.717, 1.165) is 4.88 Å². The normalized spacial score (nSPS) is 12.2. The molecule has 106 valence electrons. The van der Waals surface area contributed by atoms with Crippen LogP contribution in [0.5, 0.6) is 0 Å². The second-order valence-electron chi connectivity index (χ2n) is 4.09. The molecule has 1 N–H and O–H groups in total. The summed E-state index contributed by atoms with van der Waals surface area (Å²) in [6.45, 7) is 0.294. The quantitative estimate of drug-likeness (QED) is 0.915. The Morgan fingerprint density at radius 3 is 2.85 bits per heavy atom. The fraction of sp³-hybridized carbons (Fsp3) is 0.214. The van der Waals surface area contributed by atoms with Crippen LogP contribution in [0.3, 0.4) is 0 Å². The van der Waals surface area contributed by atoms with Crippen LogP contribution in [0.4, 0.5) is 4.39 Å². The average Bonchev–Trinajstić information content (AvgIpc) is 2.86. The molecule has 0 fully saturated rings. The summed E-state index contributed by atoms with van der Waals surface area (Å²) in [6, 6.07) is 9.18. The van der Waals surface area contributed by atoms with Crippen LogP contribution >= 0.6 is 22.9 Å². The molecular formula is C14H13ClFNO2S. The number of amides is 1. The zero-order valence-corrected chi connectivity index (χ0v) is 12.3. The monoisotopic (exact) mass is 313 g/mol. The summed E-state index contributed by atoms with van der Waals surface area (Å²) in [6.07, 6.45) is -0.273. The van der Waals surface area contributed by atoms with Gasteiger partial charge in [0.05, 0.1) is 4.34 Å². The second-order valence-corrected chi connectivity index (χ2v) is 5.83. The van der Waals surface area contributed by atoms with Crippen molar-refractivity contribution in [1.82, 2.24) is 5.32 Å². The molecule has 1 aromatic carbocycles. The minimum atomic E-state index is -0.439. The zero-order valence-electron chi connectivity index (χ0n) is 10.7. The molecule has 0 radical (unpaired) electrons. The van der Waals surface area contributed by atoms with Crippen molar-refractivity contribution in [2.24, 2.45) is 0 Å². The lowest BCUT2D eigenvalue weighted by Crippen LogP contribution is -2.28. The summed E-state index contributed by atoms with van der Waals surface area (Å²) in [5.74, 6) is -0.778. The van der Waals surface area contributed by atoms with Gasteiger partial charge in [0.1, 0.15) is 11.9 Å². The predicted molar refractivity (Wildman–Crippen MR) is 77.8 cm³/mol. The lowest BCUT2D eigenvalue weighted by Gasteiger charge is -2.14. The van der Waals surface area contributed by atoms with E-state index in [-0.39, 0.29) is 17.6 Å². The van der Waals surface area contributed by atoms with Gasteiger partial charge in [0.15, 0.2) is 0 Å². The first-order valence-corrected chi connectivity index (χ1v) is 7.11. The molecule has 1 amide bonds. The highest BCUT2D eigenvalue weighted by atomic mass is 35.5. The molecule has 0 saturated carbocycles. The number of carbonyl (C=O) groups is 1. The fourth-order valence-electron chi connectivity index (χ4n) is 1.72. The maximum atomic E-state index is 13.0. The molecule has 0 aliphatic heterocycles. The summed E-state index contributed by atoms with van der Waals surface area (Å²) in [7, 11) is 1.56. The highest BCUT2D eigenvalue weighted by Gasteiger charge is 2.15. The molecular weight excluding hydrogens is 301 g/mol. The van der Waals surface area contributed by atoms with E-state index in [1.807, 2.05) is 6.07 Å². The molecule has 6 heteroatoms. The number of ether oxygens (including phenoxy) is 1. The minimum absolute atomic E-state index is 0.273. The van der Waals surface area contributed by atoms with Crippen LogP contribution in [0.1, 0.15) is 21.3 Å². The molecule has 2 rings (SSSR count). The van der Waals surface area contributed by atoms with Crippen molar-refractivity contribution >= 4 is 28.8 Å². The Balaban J connectivity index is 1.98. The van der Waals surface area contributed by atoms with E-state index in [0.29, 0.717) is 10.9 Å². The first-order valence-electron chi connectivity index (χ1n) is 5.92. The molecule has 0 spiro atoms. The van der Waals surface area contributed by atoms with Crippen LogP contribution in [0, 0.1) is 5.82 Å². The Morgan fingerprint density at radius 1 is 1.45 bits per heavy atom. The molecule has 3 nitrogen and oxygen atoms in total. The number of methoxy groups -OCH3 is 1. The molecule has 0 bridgehead atoms. The number of benzene rings is 1. The van der Waals surface area contributed by atoms with Crippen molar-refractivity contribution in [3.05, 3.63) is 57.0 Å². The smallest absolute Gasteiger partial charge is 0.251 e. The molecule has 1 unspecified atom stereocenters. The average molecular weight is 314 g/mol. The molecule has 0 aliphatic rings. The zero-order chi connectivity index (χ0) is 14.5. The third-order valence-electron chi connectivity index (χ3n) is 2.73. The van der Waals surface area contributed by atoms with Crippen molar-refractivity contribution in [3.63, 3.8) is 0 Å². The Hall–Kier alpha value is -1.43. The van der Waals surface area contributed by atoms with E-state index in [2.05, 4.69) is 5.32 Å². The standard InChI is InChI=1S/C14H13ClFNO2S/c1-19-11(12-5-6-13(15)20-12)8-17-14(18)9-3-2-4-10(16)7-9/h2-7,11H,8H2,1H3,(H,17,18). The van der Waals surface area contributed by atoms with E-state index in [9.17, 15) is 9.18 Å². The van der Waals surface area contributed by atoms with Crippen LogP contribution in [-0.4, -0.2) is 19.6 Å². The Morgan fingerprint density at radius 2 is 2.25 bits per heavy atom. The third-order valence-corrected chi connectivity index (χ3v) is 4.05. The van der Waals surface area contributed by atoms with Crippen LogP contribution in [-0.2, 0) is 4.74 Å². The van der Waals surface area contributed by atoms with Gasteiger partial charge in [-0.05, 0) is 30.3 Å². The fourth-order valence-corrected chi connectivity index (χ4v) is 2.86. The van der Waals surface area contributed by atoms with Gasteiger partial charge in [-0.3, -0.25) is 4.79 Å². The SMILES string of the molecule is COC(CNC(=O)c1cccc(F)c1)c1ccc(Cl)s1. The Bertz CT molecular complexity index is 602. The van der Waals surface area contributed by atoms with Crippen molar-refractivity contribution < 1.29 is 13.9 Å². The van der Waals surface area contributed by atoms with Crippen molar-refractivity contribution in [3.8, 4) is 0 Å². The minimum Gasteiger partial charge on any atom is -0.374 e. The topological polar surface area (TPSA) is 38.3 Å². The van der Waals surface area contributed by atoms with Crippen LogP contribution in [0.25, 0.3) is 0 Å². The molecule has 0 aliphatic carbocycles. The van der Waals surface area contributed by atoms with E-state index < -0.39 is 5.82 Å². The van der Waals surface area contributed by atoms with E-state index in [1.54, 1.807) is 19.2 Å². The van der Waals surface area contributed by atoms with Gasteiger partial charge in [0, 0.05) is 24.1 Å². The Labute approximate surface area is 125 Å². The van der Waals surface area contributed by atoms with Gasteiger partial charge >= 0.3 is 0 Å². The van der Waals surface area contributed by atoms with Gasteiger partial charge in [-0.25, -0.2) is 4.39 Å². The lowest BCUT2D eigenvalue weighted by molar-refractivity contribution is 0.0837. The maximum absolute atomic E-state index is 13.0. The number of thiophene rings is 1. The number of halogens is 2. The molecule has 0 saturated heterocycles. The summed E-state index contributed by atoms with van der Waals surface area (Å²) in [5, 5.41) is 2.72. The van der Waals surface area contributed by atoms with Crippen LogP contribution in [0.2, 0.25) is 4.34 Å². The van der Waals surface area contributed by atoms with Gasteiger partial charge in [-0.15, -0.1) is 11.3 Å². The molecule has 2 aromatic rings. The molecule has 1 heterocycles. The number of carbonyl (C=O) groups excluding carboxylic acids is 1. The number of rotatable bonds is 5. The molecule has 1 aromatic heterocycles. The summed E-state index contributed by atoms with van der Waals surface area (Å²) >= 11 is 7.27. The first kappa shape index (κ1) is 15.0. The van der Waals surface area contributed by atoms with Crippen LogP contribution in [0.15, 0.2) is 36.4 Å². The lowest BCUT2D eigenvalue weighted by atomic mass is 10.2. The summed E-state index contributed by atoms with van der Waals surface area (Å²) in [4.78, 5) is 12.8. The maximum Gasteiger partial charge on any atom is 0.251 e. The van der Waals surface area contributed by atoms with Gasteiger partial charge < -0.3 is 10.1 Å². The predicted octanol–water partition coefficient (Wildman–Crippen LogP) is 3.66. The van der Waals surface area contributed by atoms with Gasteiger partial charge in [-0.2, -0.15) is 0 Å². The summed E-state index contributed by atoms with van der Waals surface area (Å²) in [5.41, 5.74) is 0.282. The van der Waals surface area contributed by atoms with Crippen LogP contribution < -0.4 is 5.32 Å². The molecule has 1 atom stereocenters. The van der Waals surface area contributed by atoms with E-state index >= 15 is 0 Å². The number of nitrogens with one attached hydrogen (secondary N) is 1.